The van der Waals surface area contributed by atoms with Crippen LogP contribution in [0.3, 0.4) is 0 Å². The van der Waals surface area contributed by atoms with Crippen molar-refractivity contribution in [2.24, 2.45) is 0 Å². The third-order valence-corrected chi connectivity index (χ3v) is 3.45. The second-order valence-electron chi connectivity index (χ2n) is 4.96. The minimum Gasteiger partial charge on any atom is -0.489 e. The Morgan fingerprint density at radius 1 is 1.50 bits per heavy atom. The lowest BCUT2D eigenvalue weighted by Gasteiger charge is -2.14. The van der Waals surface area contributed by atoms with Crippen molar-refractivity contribution in [3.63, 3.8) is 0 Å². The average molecular weight is 266 g/mol. The molecule has 1 aliphatic rings. The highest BCUT2D eigenvalue weighted by Crippen LogP contribution is 2.26. The summed E-state index contributed by atoms with van der Waals surface area (Å²) in [6.07, 6.45) is 2.60. The van der Waals surface area contributed by atoms with Gasteiger partial charge in [0.05, 0.1) is 0 Å². The van der Waals surface area contributed by atoms with Crippen molar-refractivity contribution in [1.82, 2.24) is 5.32 Å². The molecular formula is C15H20ClNO. The van der Waals surface area contributed by atoms with Gasteiger partial charge in [-0.15, -0.1) is 0 Å². The molecule has 18 heavy (non-hydrogen) atoms. The van der Waals surface area contributed by atoms with E-state index in [2.05, 4.69) is 30.4 Å². The van der Waals surface area contributed by atoms with E-state index in [0.29, 0.717) is 12.6 Å². The fourth-order valence-electron chi connectivity index (χ4n) is 1.82. The quantitative estimate of drug-likeness (QED) is 0.845. The predicted octanol–water partition coefficient (Wildman–Crippen LogP) is 3.77. The number of halogens is 1. The summed E-state index contributed by atoms with van der Waals surface area (Å²) in [5.74, 6) is 0.989. The Labute approximate surface area is 114 Å². The van der Waals surface area contributed by atoms with Gasteiger partial charge in [0.25, 0.3) is 0 Å². The molecule has 1 aromatic carbocycles. The normalized spacial score (nSPS) is 15.8. The van der Waals surface area contributed by atoms with Crippen molar-refractivity contribution in [2.75, 3.05) is 6.61 Å². The van der Waals surface area contributed by atoms with Gasteiger partial charge in [0, 0.05) is 23.7 Å². The number of para-hydroxylation sites is 1. The van der Waals surface area contributed by atoms with Crippen molar-refractivity contribution in [3.05, 3.63) is 40.4 Å². The second-order valence-corrected chi connectivity index (χ2v) is 5.18. The van der Waals surface area contributed by atoms with Crippen LogP contribution in [0, 0.1) is 6.92 Å². The highest BCUT2D eigenvalue weighted by Gasteiger charge is 2.20. The van der Waals surface area contributed by atoms with Crippen LogP contribution in [0.5, 0.6) is 5.75 Å². The molecule has 0 bridgehead atoms. The smallest absolute Gasteiger partial charge is 0.127 e. The molecule has 1 saturated carbocycles. The number of rotatable bonds is 6. The third kappa shape index (κ3) is 3.76. The molecule has 1 N–H and O–H groups in total. The van der Waals surface area contributed by atoms with Crippen molar-refractivity contribution < 1.29 is 4.74 Å². The number of hydrogen-bond donors (Lipinski definition) is 1. The van der Waals surface area contributed by atoms with E-state index in [9.17, 15) is 0 Å². The highest BCUT2D eigenvalue weighted by molar-refractivity contribution is 6.25. The van der Waals surface area contributed by atoms with Crippen molar-refractivity contribution in [1.29, 1.82) is 0 Å². The molecule has 0 aliphatic heterocycles. The molecule has 0 unspecified atom stereocenters. The standard InChI is InChI=1S/C15H20ClNO/c1-11(8-16)10-18-15-12(2)4-3-5-13(15)9-17-14-6-7-14/h3-5,8,14,17H,6-7,9-10H2,1-2H3/b11-8-. The van der Waals surface area contributed by atoms with E-state index in [0.717, 1.165) is 17.9 Å². The largest absolute Gasteiger partial charge is 0.489 e. The van der Waals surface area contributed by atoms with E-state index in [4.69, 9.17) is 16.3 Å². The fourth-order valence-corrected chi connectivity index (χ4v) is 1.88. The number of nitrogens with one attached hydrogen (secondary N) is 1. The molecule has 0 heterocycles. The van der Waals surface area contributed by atoms with E-state index in [1.807, 2.05) is 6.92 Å². The predicted molar refractivity (Wildman–Crippen MR) is 76.1 cm³/mol. The van der Waals surface area contributed by atoms with Crippen molar-refractivity contribution >= 4 is 11.6 Å². The molecule has 3 heteroatoms. The first-order valence-electron chi connectivity index (χ1n) is 6.41. The molecule has 0 atom stereocenters. The number of benzene rings is 1. The van der Waals surface area contributed by atoms with E-state index in [1.165, 1.54) is 24.0 Å². The van der Waals surface area contributed by atoms with Crippen LogP contribution in [0.25, 0.3) is 0 Å². The number of hydrogen-bond acceptors (Lipinski definition) is 2. The topological polar surface area (TPSA) is 21.3 Å². The zero-order chi connectivity index (χ0) is 13.0. The van der Waals surface area contributed by atoms with Crippen LogP contribution in [-0.2, 0) is 6.54 Å². The van der Waals surface area contributed by atoms with Crippen molar-refractivity contribution in [3.8, 4) is 5.75 Å². The summed E-state index contributed by atoms with van der Waals surface area (Å²) in [5.41, 5.74) is 5.00. The van der Waals surface area contributed by atoms with Gasteiger partial charge in [-0.25, -0.2) is 0 Å². The summed E-state index contributed by atoms with van der Waals surface area (Å²) < 4.78 is 5.88. The van der Waals surface area contributed by atoms with Gasteiger partial charge in [-0.05, 0) is 37.8 Å². The van der Waals surface area contributed by atoms with Gasteiger partial charge in [-0.3, -0.25) is 0 Å². The summed E-state index contributed by atoms with van der Waals surface area (Å²) >= 11 is 5.65. The molecule has 1 aromatic rings. The first-order chi connectivity index (χ1) is 8.70. The van der Waals surface area contributed by atoms with Crippen LogP contribution in [0.1, 0.15) is 30.9 Å². The third-order valence-electron chi connectivity index (χ3n) is 3.08. The molecule has 2 rings (SSSR count). The summed E-state index contributed by atoms with van der Waals surface area (Å²) in [4.78, 5) is 0. The molecule has 2 nitrogen and oxygen atoms in total. The number of ether oxygens (including phenoxy) is 1. The van der Waals surface area contributed by atoms with Crippen LogP contribution in [0.2, 0.25) is 0 Å². The lowest BCUT2D eigenvalue weighted by molar-refractivity contribution is 0.345. The zero-order valence-corrected chi connectivity index (χ0v) is 11.8. The lowest BCUT2D eigenvalue weighted by atomic mass is 10.1. The highest BCUT2D eigenvalue weighted by atomic mass is 35.5. The molecule has 0 spiro atoms. The summed E-state index contributed by atoms with van der Waals surface area (Å²) in [6.45, 7) is 5.47. The van der Waals surface area contributed by atoms with Gasteiger partial charge >= 0.3 is 0 Å². The molecule has 98 valence electrons. The van der Waals surface area contributed by atoms with Gasteiger partial charge in [-0.2, -0.15) is 0 Å². The van der Waals surface area contributed by atoms with Gasteiger partial charge < -0.3 is 10.1 Å². The Kier molecular flexibility index (Phi) is 4.67. The Balaban J connectivity index is 2.04. The minimum absolute atomic E-state index is 0.546. The van der Waals surface area contributed by atoms with Gasteiger partial charge in [-0.1, -0.05) is 29.8 Å². The first-order valence-corrected chi connectivity index (χ1v) is 6.85. The zero-order valence-electron chi connectivity index (χ0n) is 11.0. The summed E-state index contributed by atoms with van der Waals surface area (Å²) in [6, 6.07) is 6.99. The van der Waals surface area contributed by atoms with E-state index >= 15 is 0 Å². The average Bonchev–Trinajstić information content (AvgIpc) is 3.18. The Hall–Kier alpha value is -0.990. The second kappa shape index (κ2) is 6.26. The summed E-state index contributed by atoms with van der Waals surface area (Å²) in [7, 11) is 0. The molecule has 0 amide bonds. The van der Waals surface area contributed by atoms with Gasteiger partial charge in [0.2, 0.25) is 0 Å². The van der Waals surface area contributed by atoms with E-state index < -0.39 is 0 Å². The fraction of sp³-hybridized carbons (Fsp3) is 0.467. The molecule has 0 aromatic heterocycles. The van der Waals surface area contributed by atoms with Crippen LogP contribution >= 0.6 is 11.6 Å². The Morgan fingerprint density at radius 2 is 2.28 bits per heavy atom. The van der Waals surface area contributed by atoms with E-state index in [-0.39, 0.29) is 0 Å². The molecule has 1 aliphatic carbocycles. The Morgan fingerprint density at radius 3 is 2.94 bits per heavy atom. The number of aryl methyl sites for hydroxylation is 1. The minimum atomic E-state index is 0.546. The first kappa shape index (κ1) is 13.4. The van der Waals surface area contributed by atoms with Gasteiger partial charge in [0.15, 0.2) is 0 Å². The molecule has 0 saturated heterocycles. The maximum Gasteiger partial charge on any atom is 0.127 e. The van der Waals surface area contributed by atoms with Crippen LogP contribution < -0.4 is 10.1 Å². The van der Waals surface area contributed by atoms with E-state index in [1.54, 1.807) is 5.54 Å². The Bertz CT molecular complexity index is 438. The maximum atomic E-state index is 5.88. The summed E-state index contributed by atoms with van der Waals surface area (Å²) in [5, 5.41) is 3.52. The van der Waals surface area contributed by atoms with Crippen molar-refractivity contribution in [2.45, 2.75) is 39.3 Å². The molecule has 0 radical (unpaired) electrons. The molecular weight excluding hydrogens is 246 g/mol. The van der Waals surface area contributed by atoms with Gasteiger partial charge in [0.1, 0.15) is 12.4 Å². The monoisotopic (exact) mass is 265 g/mol. The molecule has 1 fully saturated rings. The van der Waals surface area contributed by atoms with Crippen LogP contribution in [0.4, 0.5) is 0 Å². The van der Waals surface area contributed by atoms with Crippen LogP contribution in [0.15, 0.2) is 29.3 Å². The SMILES string of the molecule is C/C(=C/Cl)COc1c(C)cccc1CNC1CC1. The van der Waals surface area contributed by atoms with Crippen LogP contribution in [-0.4, -0.2) is 12.6 Å². The lowest BCUT2D eigenvalue weighted by Crippen LogP contribution is -2.16. The maximum absolute atomic E-state index is 5.88.